The highest BCUT2D eigenvalue weighted by atomic mass is 32.1. The van der Waals surface area contributed by atoms with Gasteiger partial charge in [-0.2, -0.15) is 0 Å². The molecule has 0 saturated heterocycles. The number of hydrogen-bond donors (Lipinski definition) is 2. The third-order valence-corrected chi connectivity index (χ3v) is 3.14. The molecule has 0 aliphatic rings. The van der Waals surface area contributed by atoms with E-state index in [0.29, 0.717) is 0 Å². The third kappa shape index (κ3) is 5.06. The first-order chi connectivity index (χ1) is 7.36. The second kappa shape index (κ2) is 7.56. The molecule has 0 unspecified atom stereocenters. The summed E-state index contributed by atoms with van der Waals surface area (Å²) >= 11 is 1.79. The zero-order chi connectivity index (χ0) is 10.9. The fourth-order valence-corrected chi connectivity index (χ4v) is 2.00. The first kappa shape index (κ1) is 12.4. The molecule has 0 radical (unpaired) electrons. The van der Waals surface area contributed by atoms with Crippen LogP contribution in [0.25, 0.3) is 0 Å². The van der Waals surface area contributed by atoms with E-state index in [1.807, 2.05) is 12.3 Å². The van der Waals surface area contributed by atoms with Crippen molar-refractivity contribution in [2.75, 3.05) is 19.6 Å². The van der Waals surface area contributed by atoms with Crippen molar-refractivity contribution in [1.82, 2.24) is 15.6 Å². The number of rotatable bonds is 8. The van der Waals surface area contributed by atoms with Crippen molar-refractivity contribution in [1.29, 1.82) is 0 Å². The Morgan fingerprint density at radius 2 is 2.27 bits per heavy atom. The fourth-order valence-electron chi connectivity index (χ4n) is 1.17. The fraction of sp³-hybridized carbons (Fsp3) is 0.545. The van der Waals surface area contributed by atoms with E-state index in [9.17, 15) is 0 Å². The Morgan fingerprint density at radius 1 is 1.47 bits per heavy atom. The van der Waals surface area contributed by atoms with Gasteiger partial charge in [-0.05, 0) is 6.42 Å². The number of hydrogen-bond acceptors (Lipinski definition) is 4. The Bertz CT molecular complexity index is 283. The number of aryl methyl sites for hydroxylation is 1. The molecule has 0 aliphatic carbocycles. The van der Waals surface area contributed by atoms with Gasteiger partial charge in [-0.1, -0.05) is 13.0 Å². The molecule has 0 spiro atoms. The van der Waals surface area contributed by atoms with Gasteiger partial charge in [0.1, 0.15) is 5.01 Å². The van der Waals surface area contributed by atoms with Crippen LogP contribution in [-0.2, 0) is 13.0 Å². The van der Waals surface area contributed by atoms with E-state index in [2.05, 4.69) is 29.1 Å². The summed E-state index contributed by atoms with van der Waals surface area (Å²) in [5.74, 6) is 0. The molecule has 1 rings (SSSR count). The van der Waals surface area contributed by atoms with Crippen molar-refractivity contribution < 1.29 is 0 Å². The first-order valence-electron chi connectivity index (χ1n) is 5.32. The molecule has 84 valence electrons. The Kier molecular flexibility index (Phi) is 6.23. The summed E-state index contributed by atoms with van der Waals surface area (Å²) in [5.41, 5.74) is 0. The smallest absolute Gasteiger partial charge is 0.107 e. The van der Waals surface area contributed by atoms with Gasteiger partial charge in [-0.3, -0.25) is 0 Å². The van der Waals surface area contributed by atoms with Crippen LogP contribution in [0, 0.1) is 0 Å². The highest BCUT2D eigenvalue weighted by Crippen LogP contribution is 2.12. The highest BCUT2D eigenvalue weighted by molar-refractivity contribution is 7.11. The summed E-state index contributed by atoms with van der Waals surface area (Å²) in [4.78, 5) is 5.70. The summed E-state index contributed by atoms with van der Waals surface area (Å²) < 4.78 is 0. The topological polar surface area (TPSA) is 37.0 Å². The Balaban J connectivity index is 2.06. The predicted molar refractivity (Wildman–Crippen MR) is 66.3 cm³/mol. The van der Waals surface area contributed by atoms with Gasteiger partial charge in [0.2, 0.25) is 0 Å². The predicted octanol–water partition coefficient (Wildman–Crippen LogP) is 1.57. The molecule has 1 aromatic heterocycles. The molecule has 0 saturated carbocycles. The highest BCUT2D eigenvalue weighted by Gasteiger charge is 1.98. The summed E-state index contributed by atoms with van der Waals surface area (Å²) in [5, 5.41) is 7.77. The second-order valence-corrected chi connectivity index (χ2v) is 4.44. The van der Waals surface area contributed by atoms with E-state index in [1.54, 1.807) is 11.3 Å². The van der Waals surface area contributed by atoms with Crippen molar-refractivity contribution in [2.24, 2.45) is 0 Å². The average Bonchev–Trinajstić information content (AvgIpc) is 2.71. The van der Waals surface area contributed by atoms with Crippen LogP contribution in [0.3, 0.4) is 0 Å². The summed E-state index contributed by atoms with van der Waals surface area (Å²) in [6.07, 6.45) is 4.92. The lowest BCUT2D eigenvalue weighted by Gasteiger charge is -2.02. The van der Waals surface area contributed by atoms with Gasteiger partial charge in [-0.25, -0.2) is 4.98 Å². The van der Waals surface area contributed by atoms with Crippen LogP contribution < -0.4 is 10.6 Å². The molecule has 0 aromatic carbocycles. The summed E-state index contributed by atoms with van der Waals surface area (Å²) in [6, 6.07) is 0. The number of aromatic nitrogens is 1. The molecule has 1 aromatic rings. The molecular weight excluding hydrogens is 206 g/mol. The van der Waals surface area contributed by atoms with Crippen LogP contribution in [0.1, 0.15) is 16.8 Å². The summed E-state index contributed by atoms with van der Waals surface area (Å²) in [7, 11) is 0. The van der Waals surface area contributed by atoms with Gasteiger partial charge in [0.15, 0.2) is 0 Å². The molecule has 1 heterocycles. The molecule has 0 amide bonds. The van der Waals surface area contributed by atoms with Crippen LogP contribution in [0.5, 0.6) is 0 Å². The van der Waals surface area contributed by atoms with Gasteiger partial charge in [-0.15, -0.1) is 17.9 Å². The minimum Gasteiger partial charge on any atom is -0.312 e. The lowest BCUT2D eigenvalue weighted by atomic mass is 10.4. The van der Waals surface area contributed by atoms with Crippen LogP contribution >= 0.6 is 11.3 Å². The molecule has 0 aliphatic heterocycles. The lowest BCUT2D eigenvalue weighted by Crippen LogP contribution is -2.26. The number of nitrogens with zero attached hydrogens (tertiary/aromatic N) is 1. The maximum atomic E-state index is 4.34. The van der Waals surface area contributed by atoms with Gasteiger partial charge in [0.05, 0.1) is 0 Å². The maximum absolute atomic E-state index is 4.34. The number of nitrogens with one attached hydrogen (secondary N) is 2. The normalized spacial score (nSPS) is 10.5. The SMILES string of the molecule is C=CCNCCNCc1ncc(CC)s1. The Labute approximate surface area is 95.6 Å². The van der Waals surface area contributed by atoms with E-state index < -0.39 is 0 Å². The Morgan fingerprint density at radius 3 is 2.93 bits per heavy atom. The van der Waals surface area contributed by atoms with Gasteiger partial charge in [0.25, 0.3) is 0 Å². The van der Waals surface area contributed by atoms with E-state index in [1.165, 1.54) is 9.88 Å². The molecule has 4 heteroatoms. The van der Waals surface area contributed by atoms with Crippen molar-refractivity contribution in [3.8, 4) is 0 Å². The monoisotopic (exact) mass is 225 g/mol. The largest absolute Gasteiger partial charge is 0.312 e. The van der Waals surface area contributed by atoms with Gasteiger partial charge < -0.3 is 10.6 Å². The minimum atomic E-state index is 0.874. The minimum absolute atomic E-state index is 0.874. The van der Waals surface area contributed by atoms with E-state index in [0.717, 1.165) is 32.6 Å². The zero-order valence-electron chi connectivity index (χ0n) is 9.25. The molecule has 0 fully saturated rings. The molecule has 0 atom stereocenters. The summed E-state index contributed by atoms with van der Waals surface area (Å²) in [6.45, 7) is 9.49. The lowest BCUT2D eigenvalue weighted by molar-refractivity contribution is 0.634. The van der Waals surface area contributed by atoms with Crippen LogP contribution in [0.4, 0.5) is 0 Å². The van der Waals surface area contributed by atoms with E-state index >= 15 is 0 Å². The zero-order valence-corrected chi connectivity index (χ0v) is 10.1. The maximum Gasteiger partial charge on any atom is 0.107 e. The van der Waals surface area contributed by atoms with Crippen LogP contribution in [-0.4, -0.2) is 24.6 Å². The number of thiazole rings is 1. The average molecular weight is 225 g/mol. The molecule has 15 heavy (non-hydrogen) atoms. The van der Waals surface area contributed by atoms with Crippen molar-refractivity contribution in [3.05, 3.63) is 28.7 Å². The second-order valence-electron chi connectivity index (χ2n) is 3.24. The molecular formula is C11H19N3S. The van der Waals surface area contributed by atoms with Crippen molar-refractivity contribution in [3.63, 3.8) is 0 Å². The standard InChI is InChI=1S/C11H19N3S/c1-3-5-12-6-7-13-9-11-14-8-10(4-2)15-11/h3,8,12-13H,1,4-7,9H2,2H3. The van der Waals surface area contributed by atoms with Crippen molar-refractivity contribution >= 4 is 11.3 Å². The molecule has 3 nitrogen and oxygen atoms in total. The van der Waals surface area contributed by atoms with Crippen LogP contribution in [0.15, 0.2) is 18.9 Å². The quantitative estimate of drug-likeness (QED) is 0.521. The van der Waals surface area contributed by atoms with Gasteiger partial charge >= 0.3 is 0 Å². The first-order valence-corrected chi connectivity index (χ1v) is 6.14. The van der Waals surface area contributed by atoms with E-state index in [-0.39, 0.29) is 0 Å². The van der Waals surface area contributed by atoms with E-state index in [4.69, 9.17) is 0 Å². The van der Waals surface area contributed by atoms with Gasteiger partial charge in [0, 0.05) is 37.3 Å². The van der Waals surface area contributed by atoms with Crippen LogP contribution in [0.2, 0.25) is 0 Å². The third-order valence-electron chi connectivity index (χ3n) is 1.99. The van der Waals surface area contributed by atoms with Crippen molar-refractivity contribution in [2.45, 2.75) is 19.9 Å². The molecule has 0 bridgehead atoms. The Hall–Kier alpha value is -0.710. The molecule has 2 N–H and O–H groups in total.